The van der Waals surface area contributed by atoms with Crippen LogP contribution in [-0.4, -0.2) is 58.3 Å². The van der Waals surface area contributed by atoms with Gasteiger partial charge in [-0.15, -0.1) is 0 Å². The largest absolute Gasteiger partial charge is 0.392 e. The smallest absolute Gasteiger partial charge is 0.0679 e. The van der Waals surface area contributed by atoms with E-state index in [0.29, 0.717) is 0 Å². The molecule has 4 fully saturated rings. The molecule has 3 heteroatoms. The van der Waals surface area contributed by atoms with Crippen molar-refractivity contribution >= 4 is 0 Å². The third-order valence-corrected chi connectivity index (χ3v) is 9.32. The molecule has 4 aliphatic carbocycles. The Hall–Kier alpha value is -0.120. The number of hydrogen-bond donors (Lipinski definition) is 1. The highest BCUT2D eigenvalue weighted by molar-refractivity contribution is 4.87. The van der Waals surface area contributed by atoms with E-state index in [0.717, 1.165) is 43.7 Å². The first-order valence-electron chi connectivity index (χ1n) is 14.5. The summed E-state index contributed by atoms with van der Waals surface area (Å²) in [5.41, 5.74) is 0. The summed E-state index contributed by atoms with van der Waals surface area (Å²) in [6.45, 7) is 2.08. The maximum atomic E-state index is 11.3. The SMILES string of the molecule is OC(CCN(C1CCCCC1)C1CCCCC1)CN(C1CCCCC1)C1CCCCC1. The Labute approximate surface area is 193 Å². The second kappa shape index (κ2) is 12.9. The van der Waals surface area contributed by atoms with E-state index in [4.69, 9.17) is 0 Å². The van der Waals surface area contributed by atoms with Crippen LogP contribution in [-0.2, 0) is 0 Å². The summed E-state index contributed by atoms with van der Waals surface area (Å²) in [6.07, 6.45) is 29.0. The van der Waals surface area contributed by atoms with Gasteiger partial charge in [-0.3, -0.25) is 9.80 Å². The molecule has 0 bridgehead atoms. The average molecular weight is 433 g/mol. The van der Waals surface area contributed by atoms with Crippen molar-refractivity contribution in [2.75, 3.05) is 13.1 Å². The minimum atomic E-state index is -0.140. The first-order valence-corrected chi connectivity index (χ1v) is 14.5. The minimum Gasteiger partial charge on any atom is -0.392 e. The van der Waals surface area contributed by atoms with Gasteiger partial charge in [-0.1, -0.05) is 77.0 Å². The van der Waals surface area contributed by atoms with Gasteiger partial charge in [0.2, 0.25) is 0 Å². The molecule has 31 heavy (non-hydrogen) atoms. The van der Waals surface area contributed by atoms with E-state index in [1.165, 1.54) is 128 Å². The topological polar surface area (TPSA) is 26.7 Å². The molecule has 0 heterocycles. The molecule has 0 aromatic heterocycles. The highest BCUT2D eigenvalue weighted by atomic mass is 16.3. The fraction of sp³-hybridized carbons (Fsp3) is 1.00. The summed E-state index contributed by atoms with van der Waals surface area (Å²) in [6, 6.07) is 3.10. The van der Waals surface area contributed by atoms with Crippen LogP contribution in [0.4, 0.5) is 0 Å². The van der Waals surface area contributed by atoms with Crippen LogP contribution in [0.5, 0.6) is 0 Å². The standard InChI is InChI=1S/C28H52N2O/c31-28(23-30(26-17-9-3-10-18-26)27-19-11-4-12-20-27)21-22-29(24-13-5-1-6-14-24)25-15-7-2-8-16-25/h24-28,31H,1-23H2. The van der Waals surface area contributed by atoms with Crippen LogP contribution in [0.15, 0.2) is 0 Å². The lowest BCUT2D eigenvalue weighted by molar-refractivity contribution is 0.0127. The van der Waals surface area contributed by atoms with Crippen molar-refractivity contribution in [3.8, 4) is 0 Å². The predicted octanol–water partition coefficient (Wildman–Crippen LogP) is 6.67. The average Bonchev–Trinajstić information content (AvgIpc) is 2.85. The fourth-order valence-corrected chi connectivity index (χ4v) is 7.54. The number of aliphatic hydroxyl groups is 1. The molecule has 1 N–H and O–H groups in total. The van der Waals surface area contributed by atoms with Gasteiger partial charge in [-0.25, -0.2) is 0 Å². The van der Waals surface area contributed by atoms with E-state index in [2.05, 4.69) is 9.80 Å². The van der Waals surface area contributed by atoms with Gasteiger partial charge in [-0.05, 0) is 57.8 Å². The summed E-state index contributed by atoms with van der Waals surface area (Å²) in [5, 5.41) is 11.3. The van der Waals surface area contributed by atoms with E-state index in [1.807, 2.05) is 0 Å². The van der Waals surface area contributed by atoms with Gasteiger partial charge in [0, 0.05) is 37.3 Å². The zero-order chi connectivity index (χ0) is 21.3. The van der Waals surface area contributed by atoms with Crippen molar-refractivity contribution in [3.05, 3.63) is 0 Å². The molecular formula is C28H52N2O. The van der Waals surface area contributed by atoms with Crippen molar-refractivity contribution < 1.29 is 5.11 Å². The molecule has 0 saturated heterocycles. The lowest BCUT2D eigenvalue weighted by Gasteiger charge is -2.44. The van der Waals surface area contributed by atoms with Gasteiger partial charge in [0.1, 0.15) is 0 Å². The first kappa shape index (κ1) is 24.0. The summed E-state index contributed by atoms with van der Waals surface area (Å²) >= 11 is 0. The quantitative estimate of drug-likeness (QED) is 0.440. The third kappa shape index (κ3) is 7.18. The van der Waals surface area contributed by atoms with Crippen molar-refractivity contribution in [3.63, 3.8) is 0 Å². The molecule has 4 rings (SSSR count). The Kier molecular flexibility index (Phi) is 10.0. The second-order valence-electron chi connectivity index (χ2n) is 11.5. The maximum absolute atomic E-state index is 11.3. The molecule has 0 aromatic rings. The first-order chi connectivity index (χ1) is 15.3. The van der Waals surface area contributed by atoms with Gasteiger partial charge in [0.25, 0.3) is 0 Å². The van der Waals surface area contributed by atoms with Crippen LogP contribution >= 0.6 is 0 Å². The van der Waals surface area contributed by atoms with Gasteiger partial charge in [0.15, 0.2) is 0 Å². The van der Waals surface area contributed by atoms with Crippen molar-refractivity contribution in [2.45, 2.75) is 165 Å². The number of rotatable bonds is 9. The van der Waals surface area contributed by atoms with Crippen molar-refractivity contribution in [1.29, 1.82) is 0 Å². The van der Waals surface area contributed by atoms with Crippen LogP contribution in [0.25, 0.3) is 0 Å². The minimum absolute atomic E-state index is 0.140. The molecular weight excluding hydrogens is 380 g/mol. The lowest BCUT2D eigenvalue weighted by atomic mass is 9.87. The lowest BCUT2D eigenvalue weighted by Crippen LogP contribution is -2.50. The molecule has 180 valence electrons. The summed E-state index contributed by atoms with van der Waals surface area (Å²) in [5.74, 6) is 0. The predicted molar refractivity (Wildman–Crippen MR) is 132 cm³/mol. The monoisotopic (exact) mass is 432 g/mol. The Bertz CT molecular complexity index is 437. The molecule has 0 radical (unpaired) electrons. The van der Waals surface area contributed by atoms with Gasteiger partial charge in [0.05, 0.1) is 6.10 Å². The third-order valence-electron chi connectivity index (χ3n) is 9.32. The van der Waals surface area contributed by atoms with E-state index < -0.39 is 0 Å². The normalized spacial score (nSPS) is 27.2. The number of aliphatic hydroxyl groups excluding tert-OH is 1. The summed E-state index contributed by atoms with van der Waals surface area (Å²) < 4.78 is 0. The molecule has 4 saturated carbocycles. The fourth-order valence-electron chi connectivity index (χ4n) is 7.54. The number of nitrogens with zero attached hydrogens (tertiary/aromatic N) is 2. The van der Waals surface area contributed by atoms with Crippen LogP contribution in [0.3, 0.4) is 0 Å². The molecule has 1 atom stereocenters. The van der Waals surface area contributed by atoms with E-state index in [-0.39, 0.29) is 6.10 Å². The van der Waals surface area contributed by atoms with Crippen LogP contribution in [0, 0.1) is 0 Å². The van der Waals surface area contributed by atoms with Crippen molar-refractivity contribution in [1.82, 2.24) is 9.80 Å². The molecule has 4 aliphatic rings. The molecule has 1 unspecified atom stereocenters. The van der Waals surface area contributed by atoms with E-state index >= 15 is 0 Å². The number of hydrogen-bond acceptors (Lipinski definition) is 3. The van der Waals surface area contributed by atoms with E-state index in [9.17, 15) is 5.11 Å². The van der Waals surface area contributed by atoms with Gasteiger partial charge < -0.3 is 5.11 Å². The van der Waals surface area contributed by atoms with Crippen molar-refractivity contribution in [2.24, 2.45) is 0 Å². The van der Waals surface area contributed by atoms with E-state index in [1.54, 1.807) is 0 Å². The summed E-state index contributed by atoms with van der Waals surface area (Å²) in [4.78, 5) is 5.71. The Morgan fingerprint density at radius 2 is 0.806 bits per heavy atom. The second-order valence-corrected chi connectivity index (χ2v) is 11.5. The Balaban J connectivity index is 1.33. The Morgan fingerprint density at radius 3 is 1.16 bits per heavy atom. The van der Waals surface area contributed by atoms with Crippen LogP contribution < -0.4 is 0 Å². The highest BCUT2D eigenvalue weighted by Crippen LogP contribution is 2.32. The van der Waals surface area contributed by atoms with Gasteiger partial charge in [-0.2, -0.15) is 0 Å². The molecule has 0 aromatic carbocycles. The zero-order valence-corrected chi connectivity index (χ0v) is 20.5. The highest BCUT2D eigenvalue weighted by Gasteiger charge is 2.32. The zero-order valence-electron chi connectivity index (χ0n) is 20.5. The molecule has 0 aliphatic heterocycles. The summed E-state index contributed by atoms with van der Waals surface area (Å²) in [7, 11) is 0. The molecule has 0 amide bonds. The molecule has 3 nitrogen and oxygen atoms in total. The Morgan fingerprint density at radius 1 is 0.484 bits per heavy atom. The van der Waals surface area contributed by atoms with Crippen LogP contribution in [0.1, 0.15) is 135 Å². The van der Waals surface area contributed by atoms with Gasteiger partial charge >= 0.3 is 0 Å². The van der Waals surface area contributed by atoms with Crippen LogP contribution in [0.2, 0.25) is 0 Å². The maximum Gasteiger partial charge on any atom is 0.0679 e. The molecule has 0 spiro atoms.